The number of anilines is 1. The van der Waals surface area contributed by atoms with Crippen LogP contribution >= 0.6 is 23.1 Å². The molecule has 0 bridgehead atoms. The Kier molecular flexibility index (Phi) is 6.36. The first kappa shape index (κ1) is 22.1. The summed E-state index contributed by atoms with van der Waals surface area (Å²) in [6.45, 7) is 0. The SMILES string of the molecule is O=C(Nc1nnc(SCc2cccc(C(F)(F)F)c2)s1)c1ccccc1C(F)(F)F. The zero-order valence-electron chi connectivity index (χ0n) is 14.7. The Bertz CT molecular complexity index is 1050. The number of rotatable bonds is 5. The maximum atomic E-state index is 13.0. The predicted molar refractivity (Wildman–Crippen MR) is 100 cm³/mol. The van der Waals surface area contributed by atoms with E-state index in [0.717, 1.165) is 47.4 Å². The third-order valence-electron chi connectivity index (χ3n) is 3.72. The average Bonchev–Trinajstić information content (AvgIpc) is 3.12. The van der Waals surface area contributed by atoms with Crippen LogP contribution in [0.4, 0.5) is 31.5 Å². The maximum absolute atomic E-state index is 13.0. The largest absolute Gasteiger partial charge is 0.417 e. The fraction of sp³-hybridized carbons (Fsp3) is 0.167. The van der Waals surface area contributed by atoms with Gasteiger partial charge in [0.15, 0.2) is 4.34 Å². The van der Waals surface area contributed by atoms with Gasteiger partial charge in [0.25, 0.3) is 5.91 Å². The highest BCUT2D eigenvalue weighted by Gasteiger charge is 2.35. The number of carbonyl (C=O) groups excluding carboxylic acids is 1. The van der Waals surface area contributed by atoms with Gasteiger partial charge in [0.1, 0.15) is 0 Å². The average molecular weight is 463 g/mol. The van der Waals surface area contributed by atoms with E-state index in [1.807, 2.05) is 0 Å². The smallest absolute Gasteiger partial charge is 0.296 e. The summed E-state index contributed by atoms with van der Waals surface area (Å²) in [4.78, 5) is 12.2. The molecule has 158 valence electrons. The Balaban J connectivity index is 1.66. The Labute approximate surface area is 174 Å². The third-order valence-corrected chi connectivity index (χ3v) is 5.76. The summed E-state index contributed by atoms with van der Waals surface area (Å²) < 4.78 is 77.7. The summed E-state index contributed by atoms with van der Waals surface area (Å²) in [6, 6.07) is 9.13. The van der Waals surface area contributed by atoms with E-state index < -0.39 is 35.0 Å². The zero-order valence-corrected chi connectivity index (χ0v) is 16.3. The van der Waals surface area contributed by atoms with Crippen molar-refractivity contribution in [2.75, 3.05) is 5.32 Å². The summed E-state index contributed by atoms with van der Waals surface area (Å²) in [5.41, 5.74) is -1.99. The summed E-state index contributed by atoms with van der Waals surface area (Å²) in [7, 11) is 0. The molecule has 0 aliphatic heterocycles. The lowest BCUT2D eigenvalue weighted by molar-refractivity contribution is -0.138. The molecular weight excluding hydrogens is 452 g/mol. The molecule has 1 N–H and O–H groups in total. The van der Waals surface area contributed by atoms with Gasteiger partial charge in [0, 0.05) is 5.75 Å². The fourth-order valence-electron chi connectivity index (χ4n) is 2.39. The van der Waals surface area contributed by atoms with E-state index in [1.54, 1.807) is 0 Å². The highest BCUT2D eigenvalue weighted by Crippen LogP contribution is 2.34. The van der Waals surface area contributed by atoms with Gasteiger partial charge in [0.2, 0.25) is 5.13 Å². The Morgan fingerprint density at radius 1 is 0.967 bits per heavy atom. The van der Waals surface area contributed by atoms with Gasteiger partial charge in [0.05, 0.1) is 16.7 Å². The normalized spacial score (nSPS) is 12.1. The molecule has 1 aromatic heterocycles. The molecule has 12 heteroatoms. The van der Waals surface area contributed by atoms with Gasteiger partial charge in [-0.2, -0.15) is 26.3 Å². The van der Waals surface area contributed by atoms with Crippen molar-refractivity contribution in [1.82, 2.24) is 10.2 Å². The van der Waals surface area contributed by atoms with E-state index in [0.29, 0.717) is 9.90 Å². The second-order valence-corrected chi connectivity index (χ2v) is 8.06. The first-order valence-corrected chi connectivity index (χ1v) is 9.94. The summed E-state index contributed by atoms with van der Waals surface area (Å²) in [6.07, 6.45) is -9.14. The van der Waals surface area contributed by atoms with Gasteiger partial charge in [-0.05, 0) is 23.8 Å². The second-order valence-electron chi connectivity index (χ2n) is 5.86. The number of halogens is 6. The van der Waals surface area contributed by atoms with Crippen LogP contribution in [0.5, 0.6) is 0 Å². The Morgan fingerprint density at radius 3 is 2.40 bits per heavy atom. The van der Waals surface area contributed by atoms with Gasteiger partial charge in [-0.15, -0.1) is 10.2 Å². The van der Waals surface area contributed by atoms with Gasteiger partial charge in [-0.25, -0.2) is 0 Å². The fourth-order valence-corrected chi connectivity index (χ4v) is 4.08. The molecule has 0 saturated carbocycles. The monoisotopic (exact) mass is 463 g/mol. The molecule has 0 aliphatic rings. The van der Waals surface area contributed by atoms with Crippen molar-refractivity contribution in [3.8, 4) is 0 Å². The van der Waals surface area contributed by atoms with Crippen LogP contribution in [0.15, 0.2) is 52.9 Å². The van der Waals surface area contributed by atoms with Crippen LogP contribution in [0.2, 0.25) is 0 Å². The first-order valence-electron chi connectivity index (χ1n) is 8.14. The lowest BCUT2D eigenvalue weighted by atomic mass is 10.1. The van der Waals surface area contributed by atoms with Crippen LogP contribution in [0.25, 0.3) is 0 Å². The minimum Gasteiger partial charge on any atom is -0.296 e. The zero-order chi connectivity index (χ0) is 21.9. The van der Waals surface area contributed by atoms with Crippen LogP contribution in [-0.4, -0.2) is 16.1 Å². The van der Waals surface area contributed by atoms with Gasteiger partial charge < -0.3 is 0 Å². The van der Waals surface area contributed by atoms with E-state index in [4.69, 9.17) is 0 Å². The number of carbonyl (C=O) groups is 1. The van der Waals surface area contributed by atoms with Gasteiger partial charge in [-0.1, -0.05) is 53.4 Å². The molecule has 0 radical (unpaired) electrons. The lowest BCUT2D eigenvalue weighted by Gasteiger charge is -2.11. The molecule has 4 nitrogen and oxygen atoms in total. The molecule has 0 fully saturated rings. The molecule has 3 aromatic rings. The Morgan fingerprint density at radius 2 is 1.70 bits per heavy atom. The highest BCUT2D eigenvalue weighted by molar-refractivity contribution is 8.00. The molecule has 0 aliphatic carbocycles. The quantitative estimate of drug-likeness (QED) is 0.281. The lowest BCUT2D eigenvalue weighted by Crippen LogP contribution is -2.18. The molecule has 1 heterocycles. The number of thioether (sulfide) groups is 1. The van der Waals surface area contributed by atoms with Crippen molar-refractivity contribution in [1.29, 1.82) is 0 Å². The third kappa shape index (κ3) is 5.51. The number of nitrogens with zero attached hydrogens (tertiary/aromatic N) is 2. The standard InChI is InChI=1S/C18H11F6N3OS2/c19-17(20,21)11-5-3-4-10(8-11)9-29-16-27-26-15(30-16)25-14(28)12-6-1-2-7-13(12)18(22,23)24/h1-8H,9H2,(H,25,26,28). The van der Waals surface area contributed by atoms with Crippen LogP contribution < -0.4 is 5.32 Å². The van der Waals surface area contributed by atoms with Crippen LogP contribution in [-0.2, 0) is 18.1 Å². The molecular formula is C18H11F6N3OS2. The topological polar surface area (TPSA) is 54.9 Å². The summed E-state index contributed by atoms with van der Waals surface area (Å²) >= 11 is 1.99. The number of amides is 1. The highest BCUT2D eigenvalue weighted by atomic mass is 32.2. The van der Waals surface area contributed by atoms with Crippen molar-refractivity contribution in [3.05, 3.63) is 70.8 Å². The van der Waals surface area contributed by atoms with Gasteiger partial charge >= 0.3 is 12.4 Å². The van der Waals surface area contributed by atoms with Crippen molar-refractivity contribution in [2.45, 2.75) is 22.4 Å². The molecule has 2 aromatic carbocycles. The van der Waals surface area contributed by atoms with Crippen molar-refractivity contribution in [2.24, 2.45) is 0 Å². The van der Waals surface area contributed by atoms with E-state index in [1.165, 1.54) is 24.3 Å². The number of aromatic nitrogens is 2. The number of hydrogen-bond acceptors (Lipinski definition) is 5. The van der Waals surface area contributed by atoms with E-state index in [9.17, 15) is 31.1 Å². The van der Waals surface area contributed by atoms with E-state index in [2.05, 4.69) is 15.5 Å². The second kappa shape index (κ2) is 8.64. The van der Waals surface area contributed by atoms with E-state index >= 15 is 0 Å². The molecule has 0 atom stereocenters. The summed E-state index contributed by atoms with van der Waals surface area (Å²) in [5.74, 6) is -0.822. The van der Waals surface area contributed by atoms with Crippen molar-refractivity contribution in [3.63, 3.8) is 0 Å². The van der Waals surface area contributed by atoms with Crippen molar-refractivity contribution >= 4 is 34.1 Å². The number of alkyl halides is 6. The minimum atomic E-state index is -4.69. The molecule has 0 saturated heterocycles. The van der Waals surface area contributed by atoms with Gasteiger partial charge in [-0.3, -0.25) is 10.1 Å². The molecule has 30 heavy (non-hydrogen) atoms. The van der Waals surface area contributed by atoms with Crippen LogP contribution in [0.3, 0.4) is 0 Å². The summed E-state index contributed by atoms with van der Waals surface area (Å²) in [5, 5.41) is 9.73. The maximum Gasteiger partial charge on any atom is 0.417 e. The Hall–Kier alpha value is -2.60. The van der Waals surface area contributed by atoms with Crippen LogP contribution in [0.1, 0.15) is 27.0 Å². The van der Waals surface area contributed by atoms with E-state index in [-0.39, 0.29) is 10.9 Å². The predicted octanol–water partition coefficient (Wildman–Crippen LogP) is 6.12. The molecule has 1 amide bonds. The minimum absolute atomic E-state index is 0.0245. The number of benzene rings is 2. The van der Waals surface area contributed by atoms with Crippen molar-refractivity contribution < 1.29 is 31.1 Å². The van der Waals surface area contributed by atoms with Crippen LogP contribution in [0, 0.1) is 0 Å². The number of hydrogen-bond donors (Lipinski definition) is 1. The number of nitrogens with one attached hydrogen (secondary N) is 1. The molecule has 0 spiro atoms. The molecule has 3 rings (SSSR count). The molecule has 0 unspecified atom stereocenters. The first-order chi connectivity index (χ1) is 14.0.